The summed E-state index contributed by atoms with van der Waals surface area (Å²) in [6, 6.07) is 4.12. The Hall–Kier alpha value is -1.27. The van der Waals surface area contributed by atoms with E-state index in [2.05, 4.69) is 21.0 Å². The van der Waals surface area contributed by atoms with Crippen LogP contribution in [0.5, 0.6) is 0 Å². The molecule has 2 rings (SSSR count). The summed E-state index contributed by atoms with van der Waals surface area (Å²) in [4.78, 5) is 0. The predicted octanol–water partition coefficient (Wildman–Crippen LogP) is 2.74. The Morgan fingerprint density at radius 2 is 2.11 bits per heavy atom. The fourth-order valence-corrected chi connectivity index (χ4v) is 2.26. The first kappa shape index (κ1) is 13.2. The molecule has 0 bridgehead atoms. The first-order chi connectivity index (χ1) is 8.49. The van der Waals surface area contributed by atoms with Gasteiger partial charge in [0, 0.05) is 19.7 Å². The number of benzene rings is 1. The molecule has 0 saturated carbocycles. The van der Waals surface area contributed by atoms with E-state index in [0.29, 0.717) is 11.3 Å². The maximum atomic E-state index is 13.3. The van der Waals surface area contributed by atoms with Gasteiger partial charge in [-0.15, -0.1) is 0 Å². The van der Waals surface area contributed by atoms with Crippen LogP contribution in [-0.2, 0) is 13.5 Å². The van der Waals surface area contributed by atoms with Crippen molar-refractivity contribution in [2.45, 2.75) is 12.5 Å². The van der Waals surface area contributed by atoms with Gasteiger partial charge < -0.3 is 5.11 Å². The molecule has 1 atom stereocenters. The number of aliphatic hydroxyl groups is 1. The summed E-state index contributed by atoms with van der Waals surface area (Å²) < 4.78 is 27.9. The van der Waals surface area contributed by atoms with Crippen LogP contribution in [0.1, 0.15) is 17.4 Å². The molecule has 0 aliphatic rings. The van der Waals surface area contributed by atoms with E-state index in [9.17, 15) is 13.9 Å². The van der Waals surface area contributed by atoms with Crippen molar-refractivity contribution in [1.29, 1.82) is 0 Å². The molecule has 1 aromatic carbocycles. The molecule has 0 amide bonds. The van der Waals surface area contributed by atoms with Gasteiger partial charge in [-0.1, -0.05) is 6.07 Å². The highest BCUT2D eigenvalue weighted by Gasteiger charge is 2.18. The lowest BCUT2D eigenvalue weighted by Gasteiger charge is -2.12. The minimum absolute atomic E-state index is 0.0501. The molecule has 1 N–H and O–H groups in total. The lowest BCUT2D eigenvalue weighted by atomic mass is 10.0. The second-order valence-electron chi connectivity index (χ2n) is 3.97. The molecule has 0 aliphatic carbocycles. The fourth-order valence-electron chi connectivity index (χ4n) is 1.68. The van der Waals surface area contributed by atoms with Crippen LogP contribution >= 0.6 is 15.9 Å². The molecule has 0 fully saturated rings. The van der Waals surface area contributed by atoms with E-state index in [0.717, 1.165) is 6.07 Å². The SMILES string of the molecule is Cn1ccc(CC(O)c2ccc(F)c(F)c2Br)n1. The summed E-state index contributed by atoms with van der Waals surface area (Å²) >= 11 is 2.95. The molecule has 0 spiro atoms. The van der Waals surface area contributed by atoms with E-state index in [1.165, 1.54) is 6.07 Å². The van der Waals surface area contributed by atoms with Crippen molar-refractivity contribution in [3.63, 3.8) is 0 Å². The van der Waals surface area contributed by atoms with Gasteiger partial charge in [0.2, 0.25) is 0 Å². The second-order valence-corrected chi connectivity index (χ2v) is 4.76. The Balaban J connectivity index is 2.24. The average molecular weight is 317 g/mol. The summed E-state index contributed by atoms with van der Waals surface area (Å²) in [5.41, 5.74) is 0.987. The summed E-state index contributed by atoms with van der Waals surface area (Å²) in [7, 11) is 1.77. The zero-order chi connectivity index (χ0) is 13.3. The van der Waals surface area contributed by atoms with Crippen molar-refractivity contribution < 1.29 is 13.9 Å². The summed E-state index contributed by atoms with van der Waals surface area (Å²) in [5.74, 6) is -1.94. The number of hydrogen-bond donors (Lipinski definition) is 1. The highest BCUT2D eigenvalue weighted by atomic mass is 79.9. The van der Waals surface area contributed by atoms with Crippen molar-refractivity contribution in [3.05, 3.63) is 51.8 Å². The number of hydrogen-bond acceptors (Lipinski definition) is 2. The number of aryl methyl sites for hydroxylation is 1. The number of aromatic nitrogens is 2. The first-order valence-electron chi connectivity index (χ1n) is 5.29. The van der Waals surface area contributed by atoms with Crippen molar-refractivity contribution >= 4 is 15.9 Å². The van der Waals surface area contributed by atoms with E-state index in [-0.39, 0.29) is 10.9 Å². The predicted molar refractivity (Wildman–Crippen MR) is 65.9 cm³/mol. The molecular formula is C12H11BrF2N2O. The van der Waals surface area contributed by atoms with Gasteiger partial charge in [0.25, 0.3) is 0 Å². The topological polar surface area (TPSA) is 38.0 Å². The van der Waals surface area contributed by atoms with Gasteiger partial charge in [0.15, 0.2) is 11.6 Å². The third-order valence-electron chi connectivity index (χ3n) is 2.60. The third kappa shape index (κ3) is 2.59. The quantitative estimate of drug-likeness (QED) is 0.884. The zero-order valence-electron chi connectivity index (χ0n) is 9.57. The molecule has 96 valence electrons. The first-order valence-corrected chi connectivity index (χ1v) is 6.08. The van der Waals surface area contributed by atoms with Crippen LogP contribution in [-0.4, -0.2) is 14.9 Å². The van der Waals surface area contributed by atoms with Crippen LogP contribution in [0, 0.1) is 11.6 Å². The Morgan fingerprint density at radius 1 is 1.39 bits per heavy atom. The van der Waals surface area contributed by atoms with Crippen LogP contribution in [0.3, 0.4) is 0 Å². The molecule has 3 nitrogen and oxygen atoms in total. The number of nitrogens with zero attached hydrogens (tertiary/aromatic N) is 2. The molecular weight excluding hydrogens is 306 g/mol. The highest BCUT2D eigenvalue weighted by molar-refractivity contribution is 9.10. The molecule has 0 saturated heterocycles. The van der Waals surface area contributed by atoms with Gasteiger partial charge in [-0.25, -0.2) is 8.78 Å². The summed E-state index contributed by atoms with van der Waals surface area (Å²) in [6.45, 7) is 0. The van der Waals surface area contributed by atoms with Gasteiger partial charge >= 0.3 is 0 Å². The highest BCUT2D eigenvalue weighted by Crippen LogP contribution is 2.29. The van der Waals surface area contributed by atoms with E-state index in [4.69, 9.17) is 0 Å². The van der Waals surface area contributed by atoms with E-state index >= 15 is 0 Å². The minimum atomic E-state index is -0.993. The fraction of sp³-hybridized carbons (Fsp3) is 0.250. The van der Waals surface area contributed by atoms with Crippen molar-refractivity contribution in [2.24, 2.45) is 7.05 Å². The molecule has 0 radical (unpaired) electrons. The molecule has 1 unspecified atom stereocenters. The minimum Gasteiger partial charge on any atom is -0.388 e. The maximum absolute atomic E-state index is 13.3. The standard InChI is InChI=1S/C12H11BrF2N2O/c1-17-5-4-7(16-17)6-10(18)8-2-3-9(14)12(15)11(8)13/h2-5,10,18H,6H2,1H3. The molecule has 1 heterocycles. The Morgan fingerprint density at radius 3 is 2.72 bits per heavy atom. The lowest BCUT2D eigenvalue weighted by molar-refractivity contribution is 0.175. The van der Waals surface area contributed by atoms with Crippen molar-refractivity contribution in [3.8, 4) is 0 Å². The normalized spacial score (nSPS) is 12.7. The van der Waals surface area contributed by atoms with E-state index in [1.807, 2.05) is 0 Å². The van der Waals surface area contributed by atoms with Crippen LogP contribution in [0.15, 0.2) is 28.9 Å². The van der Waals surface area contributed by atoms with Crippen molar-refractivity contribution in [1.82, 2.24) is 9.78 Å². The van der Waals surface area contributed by atoms with Crippen LogP contribution in [0.2, 0.25) is 0 Å². The van der Waals surface area contributed by atoms with E-state index < -0.39 is 17.7 Å². The van der Waals surface area contributed by atoms with Gasteiger partial charge in [0.05, 0.1) is 16.3 Å². The van der Waals surface area contributed by atoms with Crippen LogP contribution < -0.4 is 0 Å². The van der Waals surface area contributed by atoms with Gasteiger partial charge in [-0.3, -0.25) is 4.68 Å². The van der Waals surface area contributed by atoms with Crippen LogP contribution in [0.25, 0.3) is 0 Å². The molecule has 18 heavy (non-hydrogen) atoms. The zero-order valence-corrected chi connectivity index (χ0v) is 11.2. The number of aliphatic hydroxyl groups excluding tert-OH is 1. The Kier molecular flexibility index (Phi) is 3.77. The second kappa shape index (κ2) is 5.16. The largest absolute Gasteiger partial charge is 0.388 e. The average Bonchev–Trinajstić information content (AvgIpc) is 2.71. The summed E-state index contributed by atoms with van der Waals surface area (Å²) in [5, 5.41) is 14.1. The number of halogens is 3. The molecule has 0 aliphatic heterocycles. The Bertz CT molecular complexity index is 571. The third-order valence-corrected chi connectivity index (χ3v) is 3.40. The smallest absolute Gasteiger partial charge is 0.173 e. The lowest BCUT2D eigenvalue weighted by Crippen LogP contribution is -2.05. The molecule has 6 heteroatoms. The van der Waals surface area contributed by atoms with Crippen molar-refractivity contribution in [2.75, 3.05) is 0 Å². The summed E-state index contributed by atoms with van der Waals surface area (Å²) in [6.07, 6.45) is 1.05. The Labute approximate surface area is 111 Å². The number of rotatable bonds is 3. The monoisotopic (exact) mass is 316 g/mol. The molecule has 2 aromatic rings. The maximum Gasteiger partial charge on any atom is 0.173 e. The van der Waals surface area contributed by atoms with Gasteiger partial charge in [-0.05, 0) is 33.6 Å². The van der Waals surface area contributed by atoms with Gasteiger partial charge in [0.1, 0.15) is 0 Å². The van der Waals surface area contributed by atoms with Crippen LogP contribution in [0.4, 0.5) is 8.78 Å². The van der Waals surface area contributed by atoms with E-state index in [1.54, 1.807) is 24.0 Å². The molecule has 1 aromatic heterocycles. The van der Waals surface area contributed by atoms with Gasteiger partial charge in [-0.2, -0.15) is 5.10 Å².